The summed E-state index contributed by atoms with van der Waals surface area (Å²) < 4.78 is 16.4. The van der Waals surface area contributed by atoms with Crippen LogP contribution in [0.3, 0.4) is 0 Å². The van der Waals surface area contributed by atoms with E-state index < -0.39 is 5.97 Å². The van der Waals surface area contributed by atoms with Crippen LogP contribution < -0.4 is 11.3 Å². The minimum atomic E-state index is -0.875. The highest BCUT2D eigenvalue weighted by molar-refractivity contribution is 5.99. The molecule has 13 aromatic rings. The molecule has 2 aliphatic rings. The van der Waals surface area contributed by atoms with E-state index in [4.69, 9.17) is 40.0 Å². The van der Waals surface area contributed by atoms with E-state index in [2.05, 4.69) is 158 Å². The molecule has 2 saturated heterocycles. The maximum atomic E-state index is 5.75. The van der Waals surface area contributed by atoms with Crippen LogP contribution >= 0.6 is 0 Å². The van der Waals surface area contributed by atoms with Crippen molar-refractivity contribution in [2.24, 2.45) is 5.84 Å². The molecular weight excluding hydrogens is 1180 g/mol. The molecule has 0 bridgehead atoms. The third-order valence-corrected chi connectivity index (χ3v) is 17.7. The van der Waals surface area contributed by atoms with Crippen LogP contribution in [0.15, 0.2) is 195 Å². The first-order valence-corrected chi connectivity index (χ1v) is 31.6. The molecular formula is C73H74N18O3. The number of aromatic amines is 2. The second-order valence-electron chi connectivity index (χ2n) is 23.5. The van der Waals surface area contributed by atoms with Crippen LogP contribution in [0.25, 0.3) is 95.3 Å². The lowest BCUT2D eigenvalue weighted by atomic mass is 9.95. The highest BCUT2D eigenvalue weighted by Gasteiger charge is 2.27. The summed E-state index contributed by atoms with van der Waals surface area (Å²) in [7, 11) is 4.56. The highest BCUT2D eigenvalue weighted by atomic mass is 16.9. The van der Waals surface area contributed by atoms with E-state index in [0.29, 0.717) is 29.3 Å². The Kier molecular flexibility index (Phi) is 19.0. The summed E-state index contributed by atoms with van der Waals surface area (Å²) in [6.07, 6.45) is 11.5. The molecule has 0 amide bonds. The predicted molar refractivity (Wildman–Crippen MR) is 365 cm³/mol. The third kappa shape index (κ3) is 14.0. The second-order valence-corrected chi connectivity index (χ2v) is 23.5. The van der Waals surface area contributed by atoms with Gasteiger partial charge in [0.25, 0.3) is 5.97 Å². The monoisotopic (exact) mass is 1250 g/mol. The number of ether oxygens (including phenoxy) is 3. The minimum Gasteiger partial charge on any atom is -0.331 e. The van der Waals surface area contributed by atoms with Gasteiger partial charge in [0.05, 0.1) is 22.4 Å². The summed E-state index contributed by atoms with van der Waals surface area (Å²) in [6, 6.07) is 58.4. The Hall–Kier alpha value is -10.4. The zero-order valence-electron chi connectivity index (χ0n) is 53.3. The molecule has 15 rings (SSSR count). The molecule has 0 atom stereocenters. The van der Waals surface area contributed by atoms with Crippen LogP contribution in [0.5, 0.6) is 0 Å². The summed E-state index contributed by atoms with van der Waals surface area (Å²) in [4.78, 5) is 37.9. The van der Waals surface area contributed by atoms with Gasteiger partial charge in [0.15, 0.2) is 17.3 Å². The summed E-state index contributed by atoms with van der Waals surface area (Å²) in [5.74, 6) is 10.4. The number of pyridine rings is 6. The largest absolute Gasteiger partial charge is 0.331 e. The number of aryl methyl sites for hydroxylation is 1. The molecule has 94 heavy (non-hydrogen) atoms. The van der Waals surface area contributed by atoms with Gasteiger partial charge < -0.3 is 19.6 Å². The Morgan fingerprint density at radius 1 is 0.511 bits per heavy atom. The zero-order valence-corrected chi connectivity index (χ0v) is 53.3. The quantitative estimate of drug-likeness (QED) is 0.0399. The number of hydrogen-bond acceptors (Lipinski definition) is 18. The SMILES string of the molecule is COC(C)(OC)OC.Cc1nnc2c3cc(-c4ccccc4)c(-c4ccc(CN5CCC(c6nc(-c7ccccn7)n[nH]6)CC5)cc4)nc3ccn12.NNc1nccc2nc(-c3ccc(CN4CCC(c5nc(-c6ccccn6)n[nH]5)CC4)cc3)c(-c3ccccc3)cc12. The first-order chi connectivity index (χ1) is 46.1. The van der Waals surface area contributed by atoms with Gasteiger partial charge in [0, 0.05) is 111 Å². The Morgan fingerprint density at radius 3 is 1.43 bits per heavy atom. The fraction of sp³-hybridized carbons (Fsp3) is 0.247. The van der Waals surface area contributed by atoms with Gasteiger partial charge in [-0.25, -0.2) is 30.8 Å². The smallest absolute Gasteiger partial charge is 0.279 e. The number of hydrazine groups is 1. The lowest BCUT2D eigenvalue weighted by Gasteiger charge is -2.31. The number of benzene rings is 4. The lowest BCUT2D eigenvalue weighted by molar-refractivity contribution is -0.340. The molecule has 0 radical (unpaired) electrons. The fourth-order valence-electron chi connectivity index (χ4n) is 12.2. The molecule has 5 N–H and O–H groups in total. The molecule has 0 saturated carbocycles. The van der Waals surface area contributed by atoms with E-state index in [9.17, 15) is 0 Å². The number of likely N-dealkylation sites (tertiary alicyclic amines) is 2. The van der Waals surface area contributed by atoms with Crippen molar-refractivity contribution in [3.63, 3.8) is 0 Å². The van der Waals surface area contributed by atoms with Crippen molar-refractivity contribution in [1.29, 1.82) is 0 Å². The van der Waals surface area contributed by atoms with E-state index in [1.165, 1.54) is 32.5 Å². The van der Waals surface area contributed by atoms with E-state index >= 15 is 0 Å². The number of methoxy groups -OCH3 is 3. The molecule has 21 heteroatoms. The number of rotatable bonds is 16. The molecule has 2 fully saturated rings. The molecule has 4 aromatic carbocycles. The maximum Gasteiger partial charge on any atom is 0.279 e. The van der Waals surface area contributed by atoms with E-state index in [0.717, 1.165) is 166 Å². The number of nitrogen functional groups attached to an aromatic ring is 1. The van der Waals surface area contributed by atoms with Gasteiger partial charge in [-0.1, -0.05) is 121 Å². The summed E-state index contributed by atoms with van der Waals surface area (Å²) in [5.41, 5.74) is 17.9. The molecule has 474 valence electrons. The average molecular weight is 1250 g/mol. The third-order valence-electron chi connectivity index (χ3n) is 17.7. The lowest BCUT2D eigenvalue weighted by Crippen LogP contribution is -2.32. The van der Waals surface area contributed by atoms with Crippen LogP contribution in [-0.4, -0.2) is 133 Å². The Bertz CT molecular complexity index is 4600. The maximum absolute atomic E-state index is 5.75. The van der Waals surface area contributed by atoms with Gasteiger partial charge in [0.2, 0.25) is 0 Å². The van der Waals surface area contributed by atoms with Crippen LogP contribution in [0, 0.1) is 6.92 Å². The molecule has 9 aromatic heterocycles. The van der Waals surface area contributed by atoms with Crippen molar-refractivity contribution in [3.8, 4) is 67.8 Å². The number of H-pyrrole nitrogens is 2. The van der Waals surface area contributed by atoms with Crippen molar-refractivity contribution in [3.05, 3.63) is 223 Å². The van der Waals surface area contributed by atoms with Crippen LogP contribution in [-0.2, 0) is 27.3 Å². The standard InChI is InChI=1S/C35H31N9.C33H31N9.C5H12O3/c1-23-39-42-35-29-21-28(25-7-3-2-4-8-25)32(37-30(29)16-20-44(23)35)26-12-10-24(11-13-26)22-43-18-14-27(15-19-43)33-38-34(41-40-33)31-9-5-6-17-36-31;34-39-32-27-20-26(23-6-2-1-3-7-23)30(37-28(27)13-17-36-32)24-11-9-22(10-12-24)21-42-18-14-25(15-19-42)31-38-33(41-40-31)29-8-4-5-16-35-29;1-5(6-2,7-3)8-4/h2-13,16-17,20-21,27H,14-15,18-19,22H2,1H3,(H,38,40,41);1-13,16-17,20,25H,14-15,18-19,21,34H2,(H,36,39)(H,38,40,41);1-4H3. The second kappa shape index (κ2) is 28.6. The number of nitrogens with one attached hydrogen (secondary N) is 3. The van der Waals surface area contributed by atoms with Crippen molar-refractivity contribution in [1.82, 2.24) is 79.7 Å². The summed E-state index contributed by atoms with van der Waals surface area (Å²) in [6.45, 7) is 9.56. The van der Waals surface area contributed by atoms with Gasteiger partial charge in [-0.15, -0.1) is 10.2 Å². The van der Waals surface area contributed by atoms with Gasteiger partial charge >= 0.3 is 0 Å². The van der Waals surface area contributed by atoms with E-state index in [1.54, 1.807) is 25.5 Å². The highest BCUT2D eigenvalue weighted by Crippen LogP contribution is 2.38. The van der Waals surface area contributed by atoms with Crippen molar-refractivity contribution in [2.75, 3.05) is 52.9 Å². The molecule has 0 unspecified atom stereocenters. The zero-order chi connectivity index (χ0) is 64.4. The van der Waals surface area contributed by atoms with Gasteiger partial charge in [-0.05, 0) is 130 Å². The Balaban J connectivity index is 0.000000153. The van der Waals surface area contributed by atoms with E-state index in [-0.39, 0.29) is 0 Å². The Labute approximate surface area is 544 Å². The van der Waals surface area contributed by atoms with Gasteiger partial charge in [-0.2, -0.15) is 10.2 Å². The summed E-state index contributed by atoms with van der Waals surface area (Å²) >= 11 is 0. The van der Waals surface area contributed by atoms with Gasteiger partial charge in [-0.3, -0.25) is 34.4 Å². The van der Waals surface area contributed by atoms with Crippen LogP contribution in [0.1, 0.15) is 73.0 Å². The van der Waals surface area contributed by atoms with Crippen molar-refractivity contribution in [2.45, 2.75) is 70.4 Å². The number of hydrogen-bond donors (Lipinski definition) is 4. The molecule has 21 nitrogen and oxygen atoms in total. The summed E-state index contributed by atoms with van der Waals surface area (Å²) in [5, 5.41) is 25.8. The molecule has 11 heterocycles. The molecule has 2 aliphatic heterocycles. The number of nitrogens with zero attached hydrogens (tertiary/aromatic N) is 14. The van der Waals surface area contributed by atoms with Crippen molar-refractivity contribution >= 4 is 33.3 Å². The number of fused-ring (bicyclic) bond motifs is 4. The number of piperidine rings is 2. The average Bonchev–Trinajstić information content (AvgIpc) is 1.17. The van der Waals surface area contributed by atoms with Crippen molar-refractivity contribution < 1.29 is 14.2 Å². The molecule has 0 spiro atoms. The molecule has 0 aliphatic carbocycles. The van der Waals surface area contributed by atoms with Gasteiger partial charge in [0.1, 0.15) is 34.7 Å². The topological polar surface area (TPSA) is 250 Å². The first kappa shape index (κ1) is 62.4. The van der Waals surface area contributed by atoms with E-state index in [1.807, 2.05) is 90.3 Å². The fourth-order valence-corrected chi connectivity index (χ4v) is 12.2. The normalized spacial score (nSPS) is 14.2. The Morgan fingerprint density at radius 2 is 0.979 bits per heavy atom. The minimum absolute atomic E-state index is 0.383. The van der Waals surface area contributed by atoms with Crippen LogP contribution in [0.2, 0.25) is 0 Å². The first-order valence-electron chi connectivity index (χ1n) is 31.6. The number of aromatic nitrogens is 14. The van der Waals surface area contributed by atoms with Crippen LogP contribution in [0.4, 0.5) is 5.82 Å². The number of nitrogens with two attached hydrogens (primary N) is 1. The predicted octanol–water partition coefficient (Wildman–Crippen LogP) is 12.9. The number of anilines is 1.